The highest BCUT2D eigenvalue weighted by molar-refractivity contribution is 5.82. The highest BCUT2D eigenvalue weighted by Crippen LogP contribution is 2.16. The van der Waals surface area contributed by atoms with E-state index in [2.05, 4.69) is 21.4 Å². The molecule has 2 heterocycles. The second-order valence-electron chi connectivity index (χ2n) is 6.06. The number of hydrogen-bond acceptors (Lipinski definition) is 4. The van der Waals surface area contributed by atoms with Crippen LogP contribution in [-0.2, 0) is 6.54 Å². The van der Waals surface area contributed by atoms with Gasteiger partial charge in [0.1, 0.15) is 6.10 Å². The molecule has 5 heteroatoms. The van der Waals surface area contributed by atoms with Crippen LogP contribution in [0.2, 0.25) is 0 Å². The summed E-state index contributed by atoms with van der Waals surface area (Å²) < 4.78 is 0. The number of aryl methyl sites for hydroxylation is 2. The van der Waals surface area contributed by atoms with Gasteiger partial charge in [-0.05, 0) is 43.2 Å². The summed E-state index contributed by atoms with van der Waals surface area (Å²) in [6.07, 6.45) is 0.979. The molecule has 0 spiro atoms. The summed E-state index contributed by atoms with van der Waals surface area (Å²) in [6.45, 7) is 4.82. The third-order valence-corrected chi connectivity index (χ3v) is 4.02. The van der Waals surface area contributed by atoms with Crippen LogP contribution in [0.5, 0.6) is 0 Å². The fraction of sp³-hybridized carbons (Fsp3) is 0.263. The number of H-pyrrole nitrogens is 1. The van der Waals surface area contributed by atoms with Crippen LogP contribution in [0.4, 0.5) is 0 Å². The molecule has 0 saturated carbocycles. The van der Waals surface area contributed by atoms with Crippen molar-refractivity contribution in [2.75, 3.05) is 6.54 Å². The zero-order valence-electron chi connectivity index (χ0n) is 13.8. The molecule has 0 aliphatic carbocycles. The maximum absolute atomic E-state index is 12.3. The van der Waals surface area contributed by atoms with Gasteiger partial charge in [-0.1, -0.05) is 12.1 Å². The maximum Gasteiger partial charge on any atom is 0.189 e. The minimum atomic E-state index is -0.678. The van der Waals surface area contributed by atoms with Gasteiger partial charge in [-0.3, -0.25) is 9.78 Å². The summed E-state index contributed by atoms with van der Waals surface area (Å²) in [5.74, 6) is 0. The first-order valence-electron chi connectivity index (χ1n) is 7.97. The SMILES string of the molecule is Cc1cc(C)c2[nH]c(CNC[C@H](O)c3ccccn3)cc(=O)c2c1. The predicted molar refractivity (Wildman–Crippen MR) is 94.9 cm³/mol. The summed E-state index contributed by atoms with van der Waals surface area (Å²) in [7, 11) is 0. The van der Waals surface area contributed by atoms with Crippen LogP contribution >= 0.6 is 0 Å². The highest BCUT2D eigenvalue weighted by Gasteiger charge is 2.09. The number of fused-ring (bicyclic) bond motifs is 1. The minimum Gasteiger partial charge on any atom is -0.385 e. The Balaban J connectivity index is 1.73. The Bertz CT molecular complexity index is 904. The topological polar surface area (TPSA) is 78.0 Å². The third kappa shape index (κ3) is 3.53. The second-order valence-corrected chi connectivity index (χ2v) is 6.06. The minimum absolute atomic E-state index is 0.0117. The van der Waals surface area contributed by atoms with Crippen LogP contribution in [0.3, 0.4) is 0 Å². The van der Waals surface area contributed by atoms with Gasteiger partial charge in [0.05, 0.1) is 11.2 Å². The monoisotopic (exact) mass is 323 g/mol. The number of hydrogen-bond donors (Lipinski definition) is 3. The van der Waals surface area contributed by atoms with E-state index in [1.54, 1.807) is 18.3 Å². The van der Waals surface area contributed by atoms with Crippen molar-refractivity contribution in [1.29, 1.82) is 0 Å². The van der Waals surface area contributed by atoms with E-state index in [-0.39, 0.29) is 5.43 Å². The molecule has 3 N–H and O–H groups in total. The Kier molecular flexibility index (Phi) is 4.74. The molecule has 24 heavy (non-hydrogen) atoms. The molecule has 3 rings (SSSR count). The maximum atomic E-state index is 12.3. The molecule has 0 amide bonds. The van der Waals surface area contributed by atoms with E-state index in [1.165, 1.54) is 0 Å². The van der Waals surface area contributed by atoms with Gasteiger partial charge in [0.25, 0.3) is 0 Å². The zero-order valence-corrected chi connectivity index (χ0v) is 13.8. The summed E-state index contributed by atoms with van der Waals surface area (Å²) >= 11 is 0. The number of nitrogens with zero attached hydrogens (tertiary/aromatic N) is 1. The Morgan fingerprint density at radius 2 is 2.08 bits per heavy atom. The Morgan fingerprint density at radius 3 is 2.83 bits per heavy atom. The Labute approximate surface area is 140 Å². The second kappa shape index (κ2) is 6.95. The number of pyridine rings is 2. The standard InChI is InChI=1S/C19H21N3O2/c1-12-7-13(2)19-15(8-12)17(23)9-14(22-19)10-20-11-18(24)16-5-3-4-6-21-16/h3-9,18,20,24H,10-11H2,1-2H3,(H,22,23)/t18-/m0/s1. The van der Waals surface area contributed by atoms with Gasteiger partial charge >= 0.3 is 0 Å². The van der Waals surface area contributed by atoms with Gasteiger partial charge in [0.2, 0.25) is 0 Å². The highest BCUT2D eigenvalue weighted by atomic mass is 16.3. The average molecular weight is 323 g/mol. The van der Waals surface area contributed by atoms with Crippen molar-refractivity contribution in [3.8, 4) is 0 Å². The van der Waals surface area contributed by atoms with Crippen molar-refractivity contribution in [3.05, 3.63) is 75.3 Å². The lowest BCUT2D eigenvalue weighted by Gasteiger charge is -2.12. The molecule has 0 bridgehead atoms. The van der Waals surface area contributed by atoms with E-state index >= 15 is 0 Å². The van der Waals surface area contributed by atoms with Crippen molar-refractivity contribution in [2.45, 2.75) is 26.5 Å². The first kappa shape index (κ1) is 16.4. The fourth-order valence-electron chi connectivity index (χ4n) is 2.88. The molecule has 0 radical (unpaired) electrons. The van der Waals surface area contributed by atoms with Crippen LogP contribution in [0.1, 0.15) is 28.6 Å². The molecule has 0 saturated heterocycles. The zero-order chi connectivity index (χ0) is 17.1. The van der Waals surface area contributed by atoms with Gasteiger partial charge in [-0.2, -0.15) is 0 Å². The fourth-order valence-corrected chi connectivity index (χ4v) is 2.88. The summed E-state index contributed by atoms with van der Waals surface area (Å²) in [5.41, 5.74) is 4.44. The molecule has 0 aliphatic heterocycles. The first-order valence-corrected chi connectivity index (χ1v) is 7.97. The van der Waals surface area contributed by atoms with Crippen molar-refractivity contribution < 1.29 is 5.11 Å². The molecular weight excluding hydrogens is 302 g/mol. The lowest BCUT2D eigenvalue weighted by atomic mass is 10.1. The van der Waals surface area contributed by atoms with Crippen LogP contribution in [0.15, 0.2) is 47.4 Å². The van der Waals surface area contributed by atoms with E-state index in [0.29, 0.717) is 24.2 Å². The van der Waals surface area contributed by atoms with Gasteiger partial charge in [0, 0.05) is 36.4 Å². The van der Waals surface area contributed by atoms with E-state index in [1.807, 2.05) is 32.0 Å². The Morgan fingerprint density at radius 1 is 1.25 bits per heavy atom. The molecule has 5 nitrogen and oxygen atoms in total. The van der Waals surface area contributed by atoms with Gasteiger partial charge in [0.15, 0.2) is 5.43 Å². The number of nitrogens with one attached hydrogen (secondary N) is 2. The van der Waals surface area contributed by atoms with Crippen LogP contribution in [0.25, 0.3) is 10.9 Å². The number of benzene rings is 1. The van der Waals surface area contributed by atoms with Gasteiger partial charge in [-0.15, -0.1) is 0 Å². The number of aliphatic hydroxyl groups excluding tert-OH is 1. The lowest BCUT2D eigenvalue weighted by Crippen LogP contribution is -2.23. The molecular formula is C19H21N3O2. The number of rotatable bonds is 5. The van der Waals surface area contributed by atoms with Crippen LogP contribution < -0.4 is 10.7 Å². The van der Waals surface area contributed by atoms with E-state index in [9.17, 15) is 9.90 Å². The molecule has 0 unspecified atom stereocenters. The lowest BCUT2D eigenvalue weighted by molar-refractivity contribution is 0.169. The van der Waals surface area contributed by atoms with E-state index < -0.39 is 6.10 Å². The van der Waals surface area contributed by atoms with Crippen LogP contribution in [-0.4, -0.2) is 21.6 Å². The van der Waals surface area contributed by atoms with Crippen molar-refractivity contribution >= 4 is 10.9 Å². The first-order chi connectivity index (χ1) is 11.5. The molecule has 0 aliphatic rings. The molecule has 2 aromatic heterocycles. The molecule has 1 aromatic carbocycles. The third-order valence-electron chi connectivity index (χ3n) is 4.02. The number of aromatic amines is 1. The van der Waals surface area contributed by atoms with Gasteiger partial charge in [-0.25, -0.2) is 0 Å². The normalized spacial score (nSPS) is 12.5. The summed E-state index contributed by atoms with van der Waals surface area (Å²) in [4.78, 5) is 19.8. The number of aliphatic hydroxyl groups is 1. The van der Waals surface area contributed by atoms with Crippen molar-refractivity contribution in [2.24, 2.45) is 0 Å². The largest absolute Gasteiger partial charge is 0.385 e. The Hall–Kier alpha value is -2.50. The smallest absolute Gasteiger partial charge is 0.189 e. The molecule has 0 fully saturated rings. The van der Waals surface area contributed by atoms with Crippen LogP contribution in [0, 0.1) is 13.8 Å². The van der Waals surface area contributed by atoms with E-state index in [0.717, 1.165) is 22.3 Å². The summed E-state index contributed by atoms with van der Waals surface area (Å²) in [6, 6.07) is 11.0. The average Bonchev–Trinajstić information content (AvgIpc) is 2.57. The van der Waals surface area contributed by atoms with Crippen molar-refractivity contribution in [1.82, 2.24) is 15.3 Å². The van der Waals surface area contributed by atoms with Gasteiger partial charge < -0.3 is 15.4 Å². The van der Waals surface area contributed by atoms with E-state index in [4.69, 9.17) is 0 Å². The molecule has 124 valence electrons. The van der Waals surface area contributed by atoms with Crippen molar-refractivity contribution in [3.63, 3.8) is 0 Å². The molecule has 3 aromatic rings. The quantitative estimate of drug-likeness (QED) is 0.673. The molecule has 1 atom stereocenters. The summed E-state index contributed by atoms with van der Waals surface area (Å²) in [5, 5.41) is 14.0. The predicted octanol–water partition coefficient (Wildman–Crippen LogP) is 2.36. The number of aromatic nitrogens is 2.